The van der Waals surface area contributed by atoms with Gasteiger partial charge in [-0.1, -0.05) is 11.6 Å². The molecule has 1 rings (SSSR count). The molecule has 1 aromatic rings. The number of carbonyl (C=O) groups is 1. The quantitative estimate of drug-likeness (QED) is 0.758. The van der Waals surface area contributed by atoms with Crippen LogP contribution in [-0.2, 0) is 4.74 Å². The lowest BCUT2D eigenvalue weighted by Gasteiger charge is -2.20. The number of pyridine rings is 1. The molecule has 0 spiro atoms. The number of rotatable bonds is 5. The molecule has 0 saturated carbocycles. The van der Waals surface area contributed by atoms with Crippen molar-refractivity contribution in [1.29, 1.82) is 0 Å². The number of aromatic nitrogens is 1. The number of hydrogen-bond donors (Lipinski definition) is 2. The lowest BCUT2D eigenvalue weighted by atomic mass is 10.2. The lowest BCUT2D eigenvalue weighted by Crippen LogP contribution is -2.36. The number of carbonyl (C=O) groups excluding carboxylic acids is 1. The van der Waals surface area contributed by atoms with Crippen molar-refractivity contribution in [3.63, 3.8) is 0 Å². The summed E-state index contributed by atoms with van der Waals surface area (Å²) in [5.41, 5.74) is 6.12. The van der Waals surface area contributed by atoms with E-state index in [1.54, 1.807) is 7.05 Å². The zero-order chi connectivity index (χ0) is 13.7. The molecule has 1 unspecified atom stereocenters. The number of nitrogens with two attached hydrogens (primary N) is 1. The Hall–Kier alpha value is -1.37. The minimum Gasteiger partial charge on any atom is -0.397 e. The van der Waals surface area contributed by atoms with E-state index in [4.69, 9.17) is 22.1 Å². The van der Waals surface area contributed by atoms with Crippen LogP contribution in [-0.4, -0.2) is 54.3 Å². The van der Waals surface area contributed by atoms with Crippen molar-refractivity contribution >= 4 is 23.2 Å². The second kappa shape index (κ2) is 6.53. The van der Waals surface area contributed by atoms with E-state index in [0.29, 0.717) is 5.69 Å². The van der Waals surface area contributed by atoms with Gasteiger partial charge in [0, 0.05) is 20.7 Å². The SMILES string of the molecule is COCC(O)CN(C)C(=O)c1cc(N)cnc1Cl. The summed E-state index contributed by atoms with van der Waals surface area (Å²) >= 11 is 5.83. The number of likely N-dealkylation sites (N-methyl/N-ethyl adjacent to an activating group) is 1. The van der Waals surface area contributed by atoms with Crippen molar-refractivity contribution in [1.82, 2.24) is 9.88 Å². The molecule has 1 amide bonds. The first-order valence-corrected chi connectivity index (χ1v) is 5.67. The zero-order valence-electron chi connectivity index (χ0n) is 10.3. The lowest BCUT2D eigenvalue weighted by molar-refractivity contribution is 0.0380. The van der Waals surface area contributed by atoms with Crippen molar-refractivity contribution in [3.05, 3.63) is 23.0 Å². The first-order valence-electron chi connectivity index (χ1n) is 5.29. The monoisotopic (exact) mass is 273 g/mol. The van der Waals surface area contributed by atoms with Crippen LogP contribution in [0, 0.1) is 0 Å². The topological polar surface area (TPSA) is 88.7 Å². The first kappa shape index (κ1) is 14.7. The third kappa shape index (κ3) is 3.83. The van der Waals surface area contributed by atoms with E-state index in [1.165, 1.54) is 24.3 Å². The normalized spacial score (nSPS) is 12.2. The molecule has 1 atom stereocenters. The van der Waals surface area contributed by atoms with Gasteiger partial charge < -0.3 is 20.5 Å². The Morgan fingerprint density at radius 3 is 3.00 bits per heavy atom. The third-order valence-corrected chi connectivity index (χ3v) is 2.58. The molecule has 0 radical (unpaired) electrons. The minimum absolute atomic E-state index is 0.0854. The molecule has 18 heavy (non-hydrogen) atoms. The second-order valence-corrected chi connectivity index (χ2v) is 4.26. The number of aliphatic hydroxyl groups excluding tert-OH is 1. The van der Waals surface area contributed by atoms with Crippen LogP contribution in [0.4, 0.5) is 5.69 Å². The van der Waals surface area contributed by atoms with Crippen LogP contribution >= 0.6 is 11.6 Å². The smallest absolute Gasteiger partial charge is 0.256 e. The minimum atomic E-state index is -0.753. The van der Waals surface area contributed by atoms with Gasteiger partial charge in [-0.15, -0.1) is 0 Å². The molecule has 0 saturated heterocycles. The molecule has 0 aromatic carbocycles. The molecule has 0 fully saturated rings. The van der Waals surface area contributed by atoms with Crippen molar-refractivity contribution in [2.24, 2.45) is 0 Å². The number of nitrogens with zero attached hydrogens (tertiary/aromatic N) is 2. The van der Waals surface area contributed by atoms with Gasteiger partial charge in [0.2, 0.25) is 0 Å². The van der Waals surface area contributed by atoms with Gasteiger partial charge in [-0.3, -0.25) is 4.79 Å². The Kier molecular flexibility index (Phi) is 5.33. The number of methoxy groups -OCH3 is 1. The van der Waals surface area contributed by atoms with Crippen LogP contribution in [0.5, 0.6) is 0 Å². The first-order chi connectivity index (χ1) is 8.45. The van der Waals surface area contributed by atoms with Crippen LogP contribution in [0.2, 0.25) is 5.15 Å². The summed E-state index contributed by atoms with van der Waals surface area (Å²) in [7, 11) is 3.03. The molecule has 0 bridgehead atoms. The van der Waals surface area contributed by atoms with Gasteiger partial charge in [0.1, 0.15) is 5.15 Å². The van der Waals surface area contributed by atoms with Gasteiger partial charge in [0.15, 0.2) is 0 Å². The number of hydrogen-bond acceptors (Lipinski definition) is 5. The van der Waals surface area contributed by atoms with Crippen molar-refractivity contribution in [2.45, 2.75) is 6.10 Å². The molecule has 6 nitrogen and oxygen atoms in total. The summed E-state index contributed by atoms with van der Waals surface area (Å²) in [4.78, 5) is 17.2. The van der Waals surface area contributed by atoms with Crippen LogP contribution in [0.3, 0.4) is 0 Å². The number of anilines is 1. The Balaban J connectivity index is 2.77. The van der Waals surface area contributed by atoms with Gasteiger partial charge in [-0.25, -0.2) is 4.98 Å². The van der Waals surface area contributed by atoms with Crippen LogP contribution in [0.1, 0.15) is 10.4 Å². The average Bonchev–Trinajstić information content (AvgIpc) is 2.31. The fraction of sp³-hybridized carbons (Fsp3) is 0.455. The van der Waals surface area contributed by atoms with Crippen LogP contribution in [0.25, 0.3) is 0 Å². The van der Waals surface area contributed by atoms with E-state index >= 15 is 0 Å². The van der Waals surface area contributed by atoms with Crippen molar-refractivity contribution in [2.75, 3.05) is 33.0 Å². The summed E-state index contributed by atoms with van der Waals surface area (Å²) in [6.45, 7) is 0.290. The molecule has 3 N–H and O–H groups in total. The highest BCUT2D eigenvalue weighted by Crippen LogP contribution is 2.17. The van der Waals surface area contributed by atoms with E-state index in [2.05, 4.69) is 4.98 Å². The van der Waals surface area contributed by atoms with Crippen molar-refractivity contribution < 1.29 is 14.6 Å². The van der Waals surface area contributed by atoms with Gasteiger partial charge in [0.05, 0.1) is 30.2 Å². The summed E-state index contributed by atoms with van der Waals surface area (Å²) in [5, 5.41) is 9.63. The Morgan fingerprint density at radius 2 is 2.39 bits per heavy atom. The van der Waals surface area contributed by atoms with E-state index in [-0.39, 0.29) is 29.8 Å². The molecular formula is C11H16ClN3O3. The maximum Gasteiger partial charge on any atom is 0.256 e. The number of halogens is 1. The summed E-state index contributed by atoms with van der Waals surface area (Å²) in [5.74, 6) is -0.352. The molecule has 7 heteroatoms. The third-order valence-electron chi connectivity index (χ3n) is 2.28. The number of aliphatic hydroxyl groups is 1. The average molecular weight is 274 g/mol. The zero-order valence-corrected chi connectivity index (χ0v) is 11.0. The molecule has 0 aliphatic heterocycles. The number of ether oxygens (including phenoxy) is 1. The summed E-state index contributed by atoms with van der Waals surface area (Å²) in [6.07, 6.45) is 0.621. The second-order valence-electron chi connectivity index (χ2n) is 3.90. The summed E-state index contributed by atoms with van der Waals surface area (Å²) in [6, 6.07) is 1.46. The van der Waals surface area contributed by atoms with Gasteiger partial charge in [0.25, 0.3) is 5.91 Å². The number of nitrogen functional groups attached to an aromatic ring is 1. The molecule has 0 aliphatic rings. The highest BCUT2D eigenvalue weighted by molar-refractivity contribution is 6.32. The fourth-order valence-corrected chi connectivity index (χ4v) is 1.65. The summed E-state index contributed by atoms with van der Waals surface area (Å²) < 4.78 is 4.79. The Labute approximate surface area is 110 Å². The number of amides is 1. The van der Waals surface area contributed by atoms with Gasteiger partial charge in [-0.05, 0) is 6.07 Å². The largest absolute Gasteiger partial charge is 0.397 e. The molecular weight excluding hydrogens is 258 g/mol. The van der Waals surface area contributed by atoms with E-state index in [9.17, 15) is 9.90 Å². The maximum atomic E-state index is 12.1. The standard InChI is InChI=1S/C11H16ClN3O3/c1-15(5-8(16)6-18-2)11(17)9-3-7(13)4-14-10(9)12/h3-4,8,16H,5-6,13H2,1-2H3. The fourth-order valence-electron chi connectivity index (χ4n) is 1.46. The maximum absolute atomic E-state index is 12.1. The van der Waals surface area contributed by atoms with E-state index < -0.39 is 6.10 Å². The Morgan fingerprint density at radius 1 is 1.72 bits per heavy atom. The van der Waals surface area contributed by atoms with Crippen LogP contribution in [0.15, 0.2) is 12.3 Å². The van der Waals surface area contributed by atoms with E-state index in [1.807, 2.05) is 0 Å². The van der Waals surface area contributed by atoms with Crippen LogP contribution < -0.4 is 5.73 Å². The highest BCUT2D eigenvalue weighted by Gasteiger charge is 2.18. The van der Waals surface area contributed by atoms with E-state index in [0.717, 1.165) is 0 Å². The highest BCUT2D eigenvalue weighted by atomic mass is 35.5. The van der Waals surface area contributed by atoms with Crippen molar-refractivity contribution in [3.8, 4) is 0 Å². The Bertz CT molecular complexity index is 428. The predicted molar refractivity (Wildman–Crippen MR) is 68.5 cm³/mol. The molecule has 0 aliphatic carbocycles. The van der Waals surface area contributed by atoms with Gasteiger partial charge >= 0.3 is 0 Å². The molecule has 1 heterocycles. The van der Waals surface area contributed by atoms with Gasteiger partial charge in [-0.2, -0.15) is 0 Å². The predicted octanol–water partition coefficient (Wildman–Crippen LogP) is 0.397. The molecule has 1 aromatic heterocycles. The molecule has 100 valence electrons.